The second-order valence-electron chi connectivity index (χ2n) is 4.12. The van der Waals surface area contributed by atoms with E-state index in [-0.39, 0.29) is 6.04 Å². The summed E-state index contributed by atoms with van der Waals surface area (Å²) < 4.78 is 0.976. The van der Waals surface area contributed by atoms with Gasteiger partial charge in [-0.3, -0.25) is 21.2 Å². The monoisotopic (exact) mass is 306 g/mol. The lowest BCUT2D eigenvalue weighted by atomic mass is 9.99. The highest BCUT2D eigenvalue weighted by atomic mass is 79.9. The second kappa shape index (κ2) is 6.04. The van der Waals surface area contributed by atoms with Crippen LogP contribution in [0.5, 0.6) is 0 Å². The van der Waals surface area contributed by atoms with Crippen molar-refractivity contribution < 1.29 is 0 Å². The third kappa shape index (κ3) is 3.13. The predicted octanol–water partition coefficient (Wildman–Crippen LogP) is 2.29. The minimum atomic E-state index is 0.0432. The van der Waals surface area contributed by atoms with E-state index >= 15 is 0 Å². The molecule has 0 radical (unpaired) electrons. The number of aryl methyl sites for hydroxylation is 1. The number of nitrogens with one attached hydrogen (secondary N) is 1. The number of pyridine rings is 2. The fourth-order valence-corrected chi connectivity index (χ4v) is 2.10. The Hall–Kier alpha value is -1.30. The van der Waals surface area contributed by atoms with Gasteiger partial charge in [0.05, 0.1) is 6.04 Å². The molecular weight excluding hydrogens is 292 g/mol. The fourth-order valence-electron chi connectivity index (χ4n) is 1.87. The van der Waals surface area contributed by atoms with E-state index in [9.17, 15) is 0 Å². The number of hydrogen-bond acceptors (Lipinski definition) is 4. The molecule has 1 unspecified atom stereocenters. The summed E-state index contributed by atoms with van der Waals surface area (Å²) in [5, 5.41) is 0. The molecule has 3 N–H and O–H groups in total. The first-order chi connectivity index (χ1) is 8.70. The van der Waals surface area contributed by atoms with E-state index in [0.29, 0.717) is 0 Å². The molecule has 1 atom stereocenters. The molecule has 0 saturated carbocycles. The third-order valence-electron chi connectivity index (χ3n) is 2.84. The van der Waals surface area contributed by atoms with Gasteiger partial charge in [-0.1, -0.05) is 0 Å². The van der Waals surface area contributed by atoms with Crippen molar-refractivity contribution in [1.82, 2.24) is 15.4 Å². The molecule has 0 aliphatic carbocycles. The van der Waals surface area contributed by atoms with Gasteiger partial charge in [0.25, 0.3) is 0 Å². The molecule has 0 spiro atoms. The van der Waals surface area contributed by atoms with Crippen LogP contribution in [-0.4, -0.2) is 9.97 Å². The lowest BCUT2D eigenvalue weighted by molar-refractivity contribution is 0.543. The lowest BCUT2D eigenvalue weighted by Gasteiger charge is -2.17. The standard InChI is InChI=1S/C13H15BrN4/c1-9-7-16-5-4-12(9)13(18-15)6-11-3-2-10(14)8-17-11/h2-5,7-8,13,18H,6,15H2,1H3. The summed E-state index contributed by atoms with van der Waals surface area (Å²) in [6.07, 6.45) is 6.16. The molecule has 2 aromatic rings. The third-order valence-corrected chi connectivity index (χ3v) is 3.31. The number of hydrogen-bond donors (Lipinski definition) is 2. The molecule has 2 aromatic heterocycles. The zero-order valence-electron chi connectivity index (χ0n) is 10.1. The first-order valence-corrected chi connectivity index (χ1v) is 6.47. The number of hydrazine groups is 1. The van der Waals surface area contributed by atoms with Crippen molar-refractivity contribution in [1.29, 1.82) is 0 Å². The van der Waals surface area contributed by atoms with Crippen molar-refractivity contribution in [3.63, 3.8) is 0 Å². The van der Waals surface area contributed by atoms with Crippen LogP contribution in [0.15, 0.2) is 41.3 Å². The van der Waals surface area contributed by atoms with Crippen LogP contribution in [0, 0.1) is 6.92 Å². The first-order valence-electron chi connectivity index (χ1n) is 5.68. The van der Waals surface area contributed by atoms with E-state index in [0.717, 1.165) is 27.7 Å². The molecule has 0 saturated heterocycles. The molecule has 2 rings (SSSR count). The summed E-state index contributed by atoms with van der Waals surface area (Å²) in [4.78, 5) is 8.45. The van der Waals surface area contributed by atoms with Crippen LogP contribution in [0.2, 0.25) is 0 Å². The molecule has 18 heavy (non-hydrogen) atoms. The molecule has 5 heteroatoms. The lowest BCUT2D eigenvalue weighted by Crippen LogP contribution is -2.30. The summed E-state index contributed by atoms with van der Waals surface area (Å²) in [6.45, 7) is 2.03. The average molecular weight is 307 g/mol. The van der Waals surface area contributed by atoms with Gasteiger partial charge >= 0.3 is 0 Å². The zero-order valence-corrected chi connectivity index (χ0v) is 11.7. The van der Waals surface area contributed by atoms with Crippen LogP contribution in [0.4, 0.5) is 0 Å². The maximum absolute atomic E-state index is 5.64. The molecule has 2 heterocycles. The van der Waals surface area contributed by atoms with Crippen LogP contribution in [-0.2, 0) is 6.42 Å². The van der Waals surface area contributed by atoms with Crippen molar-refractivity contribution in [3.8, 4) is 0 Å². The quantitative estimate of drug-likeness (QED) is 0.672. The van der Waals surface area contributed by atoms with Gasteiger partial charge in [0.15, 0.2) is 0 Å². The molecular formula is C13H15BrN4. The van der Waals surface area contributed by atoms with E-state index in [1.54, 1.807) is 12.4 Å². The Labute approximate surface area is 115 Å². The van der Waals surface area contributed by atoms with Gasteiger partial charge in [0.1, 0.15) is 0 Å². The highest BCUT2D eigenvalue weighted by Crippen LogP contribution is 2.20. The van der Waals surface area contributed by atoms with Gasteiger partial charge in [-0.2, -0.15) is 0 Å². The van der Waals surface area contributed by atoms with Crippen LogP contribution >= 0.6 is 15.9 Å². The summed E-state index contributed by atoms with van der Waals surface area (Å²) in [5.74, 6) is 5.64. The van der Waals surface area contributed by atoms with Gasteiger partial charge in [0.2, 0.25) is 0 Å². The molecule has 0 aromatic carbocycles. The van der Waals surface area contributed by atoms with Gasteiger partial charge in [-0.05, 0) is 52.2 Å². The van der Waals surface area contributed by atoms with Crippen molar-refractivity contribution in [2.75, 3.05) is 0 Å². The van der Waals surface area contributed by atoms with E-state index in [4.69, 9.17) is 5.84 Å². The van der Waals surface area contributed by atoms with Crippen LogP contribution < -0.4 is 11.3 Å². The molecule has 94 valence electrons. The molecule has 0 amide bonds. The first kappa shape index (κ1) is 13.1. The Morgan fingerprint density at radius 3 is 2.78 bits per heavy atom. The Morgan fingerprint density at radius 2 is 2.17 bits per heavy atom. The minimum absolute atomic E-state index is 0.0432. The van der Waals surface area contributed by atoms with Crippen molar-refractivity contribution in [3.05, 3.63) is 58.1 Å². The Morgan fingerprint density at radius 1 is 1.33 bits per heavy atom. The smallest absolute Gasteiger partial charge is 0.0519 e. The van der Waals surface area contributed by atoms with Gasteiger partial charge in [-0.15, -0.1) is 0 Å². The summed E-state index contributed by atoms with van der Waals surface area (Å²) in [7, 11) is 0. The van der Waals surface area contributed by atoms with Crippen LogP contribution in [0.3, 0.4) is 0 Å². The van der Waals surface area contributed by atoms with Gasteiger partial charge in [-0.25, -0.2) is 0 Å². The number of rotatable bonds is 4. The Kier molecular flexibility index (Phi) is 4.41. The largest absolute Gasteiger partial charge is 0.271 e. The van der Waals surface area contributed by atoms with E-state index in [1.807, 2.05) is 31.3 Å². The molecule has 0 bridgehead atoms. The zero-order chi connectivity index (χ0) is 13.0. The van der Waals surface area contributed by atoms with Crippen LogP contribution in [0.25, 0.3) is 0 Å². The second-order valence-corrected chi connectivity index (χ2v) is 5.04. The Balaban J connectivity index is 2.20. The molecule has 4 nitrogen and oxygen atoms in total. The highest BCUT2D eigenvalue weighted by Gasteiger charge is 2.13. The van der Waals surface area contributed by atoms with Gasteiger partial charge < -0.3 is 0 Å². The SMILES string of the molecule is Cc1cnccc1C(Cc1ccc(Br)cn1)NN. The van der Waals surface area contributed by atoms with Gasteiger partial charge in [0, 0.05) is 35.2 Å². The number of nitrogens with zero attached hydrogens (tertiary/aromatic N) is 2. The molecule has 0 fully saturated rings. The topological polar surface area (TPSA) is 63.8 Å². The van der Waals surface area contributed by atoms with E-state index in [2.05, 4.69) is 31.3 Å². The number of halogens is 1. The molecule has 0 aliphatic heterocycles. The maximum Gasteiger partial charge on any atom is 0.0519 e. The van der Waals surface area contributed by atoms with E-state index in [1.165, 1.54) is 0 Å². The average Bonchev–Trinajstić information content (AvgIpc) is 2.39. The van der Waals surface area contributed by atoms with E-state index < -0.39 is 0 Å². The number of aromatic nitrogens is 2. The summed E-state index contributed by atoms with van der Waals surface area (Å²) in [5.41, 5.74) is 6.11. The highest BCUT2D eigenvalue weighted by molar-refractivity contribution is 9.10. The van der Waals surface area contributed by atoms with Crippen molar-refractivity contribution in [2.24, 2.45) is 5.84 Å². The summed E-state index contributed by atoms with van der Waals surface area (Å²) >= 11 is 3.37. The molecule has 0 aliphatic rings. The number of nitrogens with two attached hydrogens (primary N) is 1. The summed E-state index contributed by atoms with van der Waals surface area (Å²) in [6, 6.07) is 6.00. The normalized spacial score (nSPS) is 12.4. The van der Waals surface area contributed by atoms with Crippen LogP contribution in [0.1, 0.15) is 22.9 Å². The fraction of sp³-hybridized carbons (Fsp3) is 0.231. The minimum Gasteiger partial charge on any atom is -0.271 e. The maximum atomic E-state index is 5.64. The van der Waals surface area contributed by atoms with Crippen molar-refractivity contribution >= 4 is 15.9 Å². The van der Waals surface area contributed by atoms with Crippen molar-refractivity contribution in [2.45, 2.75) is 19.4 Å². The Bertz CT molecular complexity index is 513. The predicted molar refractivity (Wildman–Crippen MR) is 74.7 cm³/mol.